The van der Waals surface area contributed by atoms with Gasteiger partial charge in [0, 0.05) is 0 Å². The molecule has 4 aromatic rings. The Balaban J connectivity index is 0.000000167. The van der Waals surface area contributed by atoms with E-state index in [0.717, 1.165) is 11.8 Å². The zero-order chi connectivity index (χ0) is 24.6. The third kappa shape index (κ3) is 8.25. The first-order chi connectivity index (χ1) is 17.8. The molecule has 0 bridgehead atoms. The quantitative estimate of drug-likeness (QED) is 0.289. The summed E-state index contributed by atoms with van der Waals surface area (Å²) >= 11 is 1.68. The molecule has 0 heterocycles. The molecule has 0 atom stereocenters. The first-order valence-corrected chi connectivity index (χ1v) is 15.9. The van der Waals surface area contributed by atoms with Crippen LogP contribution in [0.4, 0.5) is 0 Å². The van der Waals surface area contributed by atoms with Crippen molar-refractivity contribution in [3.8, 4) is 0 Å². The van der Waals surface area contributed by atoms with Crippen LogP contribution in [-0.4, -0.2) is 3.21 Å². The van der Waals surface area contributed by atoms with Crippen LogP contribution in [0.3, 0.4) is 0 Å². The predicted octanol–water partition coefficient (Wildman–Crippen LogP) is 4.50. The Hall–Kier alpha value is -1.01. The first-order valence-electron chi connectivity index (χ1n) is 14.6. The third-order valence-electron chi connectivity index (χ3n) is 8.73. The fourth-order valence-electron chi connectivity index (χ4n) is 6.69. The van der Waals surface area contributed by atoms with Gasteiger partial charge in [0.1, 0.15) is 0 Å². The summed E-state index contributed by atoms with van der Waals surface area (Å²) in [6, 6.07) is 26.8. The molecule has 202 valence electrons. The molecule has 0 aliphatic heterocycles. The molecule has 3 aliphatic rings. The van der Waals surface area contributed by atoms with Gasteiger partial charge in [-0.25, -0.2) is 0 Å². The Morgan fingerprint density at radius 3 is 1.29 bits per heavy atom. The van der Waals surface area contributed by atoms with Crippen LogP contribution in [0.25, 0.3) is 21.5 Å². The molecule has 0 aromatic heterocycles. The van der Waals surface area contributed by atoms with Gasteiger partial charge < -0.3 is 24.8 Å². The molecule has 0 N–H and O–H groups in total. The molecule has 3 saturated carbocycles. The van der Waals surface area contributed by atoms with Crippen LogP contribution in [0, 0.1) is 0 Å². The van der Waals surface area contributed by atoms with E-state index in [1.807, 2.05) is 0 Å². The first kappa shape index (κ1) is 31.5. The Labute approximate surface area is 257 Å². The Bertz CT molecular complexity index is 1140. The van der Waals surface area contributed by atoms with Gasteiger partial charge in [-0.05, 0) is 0 Å². The van der Waals surface area contributed by atoms with Gasteiger partial charge in [0.25, 0.3) is 0 Å². The molecule has 0 amide bonds. The average Bonchev–Trinajstić information content (AvgIpc) is 3.70. The van der Waals surface area contributed by atoms with Crippen LogP contribution in [0.2, 0.25) is 0 Å². The fraction of sp³-hybridized carbons (Fsp3) is 0.457. The standard InChI is InChI=1S/2C15H17.C5H8.2ClH.Zr/c2*1-2-6-12(7-3-1)15-11-10-13-8-4-5-9-14(13)15;1-2-4-5-3-1;;;/h2*4-5,8-12H,1-3,6-7H2;1-4H2;2*1H;/q2*-1;;;;+2/p-2. The summed E-state index contributed by atoms with van der Waals surface area (Å²) < 4.78 is 1.79. The normalized spacial score (nSPS) is 18.1. The van der Waals surface area contributed by atoms with Crippen LogP contribution >= 0.6 is 0 Å². The summed E-state index contributed by atoms with van der Waals surface area (Å²) in [6.45, 7) is 0. The molecule has 0 unspecified atom stereocenters. The molecule has 3 heteroatoms. The molecule has 0 radical (unpaired) electrons. The summed E-state index contributed by atoms with van der Waals surface area (Å²) in [4.78, 5) is 0. The SMILES string of the molecule is [Cl-].[Cl-].[Zr+2]=[C]1CCCC1.c1ccc2c(C3CCCCC3)c[cH-]c2c1.c1ccc2c(C3CCCCC3)c[cH-]c2c1. The van der Waals surface area contributed by atoms with Gasteiger partial charge in [0.2, 0.25) is 0 Å². The van der Waals surface area contributed by atoms with Crippen molar-refractivity contribution in [2.45, 2.75) is 102 Å². The molecule has 0 saturated heterocycles. The third-order valence-corrected chi connectivity index (χ3v) is 9.95. The van der Waals surface area contributed by atoms with Gasteiger partial charge >= 0.3 is 53.1 Å². The van der Waals surface area contributed by atoms with E-state index in [4.69, 9.17) is 0 Å². The van der Waals surface area contributed by atoms with Gasteiger partial charge in [-0.2, -0.15) is 11.1 Å². The fourth-order valence-corrected chi connectivity index (χ4v) is 7.56. The maximum Gasteiger partial charge on any atom is -0.0533 e. The van der Waals surface area contributed by atoms with Crippen LogP contribution in [0.1, 0.15) is 113 Å². The van der Waals surface area contributed by atoms with E-state index in [1.165, 1.54) is 111 Å². The van der Waals surface area contributed by atoms with E-state index in [9.17, 15) is 0 Å². The molecule has 0 spiro atoms. The van der Waals surface area contributed by atoms with Crippen molar-refractivity contribution in [1.29, 1.82) is 0 Å². The Morgan fingerprint density at radius 1 is 0.526 bits per heavy atom. The molecule has 3 aliphatic carbocycles. The smallest absolute Gasteiger partial charge is 0.0533 e. The number of hydrogen-bond acceptors (Lipinski definition) is 0. The molecular weight excluding hydrogens is 583 g/mol. The van der Waals surface area contributed by atoms with Gasteiger partial charge in [0.15, 0.2) is 0 Å². The van der Waals surface area contributed by atoms with E-state index in [1.54, 1.807) is 38.6 Å². The van der Waals surface area contributed by atoms with E-state index in [-0.39, 0.29) is 24.8 Å². The van der Waals surface area contributed by atoms with Crippen LogP contribution in [0.15, 0.2) is 72.8 Å². The van der Waals surface area contributed by atoms with Crippen molar-refractivity contribution in [1.82, 2.24) is 0 Å². The molecule has 3 fully saturated rings. The van der Waals surface area contributed by atoms with Crippen LogP contribution < -0.4 is 24.8 Å². The monoisotopic (exact) mass is 622 g/mol. The number of benzene rings is 2. The number of rotatable bonds is 2. The second-order valence-corrected chi connectivity index (χ2v) is 13.0. The second kappa shape index (κ2) is 16.3. The van der Waals surface area contributed by atoms with Gasteiger partial charge in [-0.15, -0.1) is 82.2 Å². The Morgan fingerprint density at radius 2 is 0.921 bits per heavy atom. The van der Waals surface area contributed by atoms with Crippen molar-refractivity contribution in [2.75, 3.05) is 0 Å². The minimum absolute atomic E-state index is 0. The largest absolute Gasteiger partial charge is 0.150 e. The van der Waals surface area contributed by atoms with Crippen LogP contribution in [0.5, 0.6) is 0 Å². The summed E-state index contributed by atoms with van der Waals surface area (Å²) in [6.07, 6.45) is 20.0. The van der Waals surface area contributed by atoms with E-state index < -0.39 is 0 Å². The average molecular weight is 625 g/mol. The molecule has 38 heavy (non-hydrogen) atoms. The van der Waals surface area contributed by atoms with Gasteiger partial charge in [-0.3, -0.25) is 0 Å². The molecule has 4 aromatic carbocycles. The maximum atomic E-state index is 2.35. The number of hydrogen-bond donors (Lipinski definition) is 0. The van der Waals surface area contributed by atoms with Crippen molar-refractivity contribution in [3.63, 3.8) is 0 Å². The van der Waals surface area contributed by atoms with E-state index >= 15 is 0 Å². The summed E-state index contributed by atoms with van der Waals surface area (Å²) in [5.41, 5.74) is 3.20. The minimum atomic E-state index is 0. The second-order valence-electron chi connectivity index (χ2n) is 11.2. The summed E-state index contributed by atoms with van der Waals surface area (Å²) in [5, 5.41) is 5.81. The summed E-state index contributed by atoms with van der Waals surface area (Å²) in [7, 11) is 0. The van der Waals surface area contributed by atoms with E-state index in [0.29, 0.717) is 0 Å². The number of halogens is 2. The maximum absolute atomic E-state index is 2.35. The van der Waals surface area contributed by atoms with Crippen LogP contribution in [-0.2, 0) is 24.2 Å². The van der Waals surface area contributed by atoms with Crippen molar-refractivity contribution >= 4 is 24.8 Å². The van der Waals surface area contributed by atoms with Crippen molar-refractivity contribution in [2.24, 2.45) is 0 Å². The molecular formula is C35H42Cl2Zr-2. The Kier molecular flexibility index (Phi) is 13.5. The molecule has 7 rings (SSSR count). The van der Waals surface area contributed by atoms with Gasteiger partial charge in [0.05, 0.1) is 0 Å². The minimum Gasteiger partial charge on any atom is -0.150 e. The zero-order valence-electron chi connectivity index (χ0n) is 22.7. The van der Waals surface area contributed by atoms with Gasteiger partial charge in [-0.1, -0.05) is 88.2 Å². The van der Waals surface area contributed by atoms with Crippen molar-refractivity contribution < 1.29 is 49.0 Å². The molecule has 0 nitrogen and oxygen atoms in total. The van der Waals surface area contributed by atoms with Crippen molar-refractivity contribution in [3.05, 3.63) is 83.9 Å². The number of fused-ring (bicyclic) bond motifs is 2. The summed E-state index contributed by atoms with van der Waals surface area (Å²) in [5.74, 6) is 1.66. The topological polar surface area (TPSA) is 0 Å². The van der Waals surface area contributed by atoms with E-state index in [2.05, 4.69) is 72.8 Å². The predicted molar refractivity (Wildman–Crippen MR) is 154 cm³/mol. The zero-order valence-corrected chi connectivity index (χ0v) is 26.7.